The van der Waals surface area contributed by atoms with E-state index in [1.165, 1.54) is 0 Å². The summed E-state index contributed by atoms with van der Waals surface area (Å²) in [6, 6.07) is 3.86. The van der Waals surface area contributed by atoms with Gasteiger partial charge >= 0.3 is 0 Å². The van der Waals surface area contributed by atoms with Gasteiger partial charge in [-0.25, -0.2) is 0 Å². The Bertz CT molecular complexity index is 581. The van der Waals surface area contributed by atoms with E-state index in [-0.39, 0.29) is 11.8 Å². The number of amides is 1. The van der Waals surface area contributed by atoms with E-state index in [1.807, 2.05) is 26.0 Å². The first-order valence-corrected chi connectivity index (χ1v) is 8.80. The Morgan fingerprint density at radius 2 is 1.83 bits per heavy atom. The van der Waals surface area contributed by atoms with Gasteiger partial charge in [-0.1, -0.05) is 0 Å². The molecule has 1 saturated carbocycles. The van der Waals surface area contributed by atoms with Gasteiger partial charge in [0.05, 0.1) is 37.8 Å². The number of rotatable bonds is 7. The Kier molecular flexibility index (Phi) is 5.45. The van der Waals surface area contributed by atoms with Crippen molar-refractivity contribution >= 4 is 17.3 Å². The lowest BCUT2D eigenvalue weighted by Gasteiger charge is -2.31. The van der Waals surface area contributed by atoms with Crippen molar-refractivity contribution in [1.82, 2.24) is 0 Å². The molecule has 24 heavy (non-hydrogen) atoms. The summed E-state index contributed by atoms with van der Waals surface area (Å²) in [4.78, 5) is 14.4. The predicted molar refractivity (Wildman–Crippen MR) is 93.2 cm³/mol. The summed E-state index contributed by atoms with van der Waals surface area (Å²) in [5.41, 5.74) is 1.68. The molecule has 6 nitrogen and oxygen atoms in total. The Hall–Kier alpha value is -1.95. The fourth-order valence-electron chi connectivity index (χ4n) is 2.82. The molecular weight excluding hydrogens is 308 g/mol. The number of hydrogen-bond acceptors (Lipinski definition) is 5. The Labute approximate surface area is 143 Å². The molecule has 0 unspecified atom stereocenters. The Morgan fingerprint density at radius 3 is 2.46 bits per heavy atom. The number of nitrogens with one attached hydrogen (secondary N) is 1. The number of nitrogens with zero attached hydrogens (tertiary/aromatic N) is 1. The van der Waals surface area contributed by atoms with Gasteiger partial charge in [0.25, 0.3) is 0 Å². The summed E-state index contributed by atoms with van der Waals surface area (Å²) in [7, 11) is 0. The first-order valence-electron chi connectivity index (χ1n) is 8.80. The van der Waals surface area contributed by atoms with Crippen molar-refractivity contribution in [3.63, 3.8) is 0 Å². The molecule has 0 spiro atoms. The van der Waals surface area contributed by atoms with Crippen LogP contribution in [-0.4, -0.2) is 45.4 Å². The second-order valence-electron chi connectivity index (χ2n) is 6.05. The molecule has 2 fully saturated rings. The van der Waals surface area contributed by atoms with E-state index in [4.69, 9.17) is 14.2 Å². The van der Waals surface area contributed by atoms with Crippen LogP contribution in [0.1, 0.15) is 26.7 Å². The lowest BCUT2D eigenvalue weighted by molar-refractivity contribution is -0.117. The zero-order valence-electron chi connectivity index (χ0n) is 14.5. The van der Waals surface area contributed by atoms with Crippen molar-refractivity contribution in [3.05, 3.63) is 12.1 Å². The maximum atomic E-state index is 12.2. The number of ether oxygens (including phenoxy) is 3. The predicted octanol–water partition coefficient (Wildman–Crippen LogP) is 2.67. The highest BCUT2D eigenvalue weighted by Crippen LogP contribution is 2.40. The molecule has 0 radical (unpaired) electrons. The lowest BCUT2D eigenvalue weighted by Crippen LogP contribution is -2.36. The molecule has 1 N–H and O–H groups in total. The molecule has 1 aromatic carbocycles. The van der Waals surface area contributed by atoms with E-state index in [0.717, 1.165) is 37.4 Å². The maximum absolute atomic E-state index is 12.2. The fraction of sp³-hybridized carbons (Fsp3) is 0.611. The minimum absolute atomic E-state index is 0.0672. The van der Waals surface area contributed by atoms with Crippen molar-refractivity contribution in [3.8, 4) is 11.5 Å². The molecule has 3 rings (SSSR count). The largest absolute Gasteiger partial charge is 0.492 e. The topological polar surface area (TPSA) is 60.0 Å². The SMILES string of the molecule is CCOc1cc(N2CCOCC2)c(OCC)cc1NC(=O)C1CC1. The maximum Gasteiger partial charge on any atom is 0.227 e. The number of anilines is 2. The van der Waals surface area contributed by atoms with E-state index in [1.54, 1.807) is 0 Å². The summed E-state index contributed by atoms with van der Waals surface area (Å²) in [6.07, 6.45) is 1.94. The zero-order valence-corrected chi connectivity index (χ0v) is 14.5. The number of carbonyl (C=O) groups is 1. The molecule has 1 saturated heterocycles. The zero-order chi connectivity index (χ0) is 16.9. The normalized spacial score (nSPS) is 17.5. The number of morpholine rings is 1. The molecule has 0 aromatic heterocycles. The summed E-state index contributed by atoms with van der Waals surface area (Å²) >= 11 is 0. The molecule has 1 aromatic rings. The van der Waals surface area contributed by atoms with E-state index in [2.05, 4.69) is 10.2 Å². The Balaban J connectivity index is 1.91. The number of carbonyl (C=O) groups excluding carboxylic acids is 1. The van der Waals surface area contributed by atoms with Crippen molar-refractivity contribution in [1.29, 1.82) is 0 Å². The highest BCUT2D eigenvalue weighted by atomic mass is 16.5. The second kappa shape index (κ2) is 7.75. The van der Waals surface area contributed by atoms with Crippen LogP contribution in [0.4, 0.5) is 11.4 Å². The monoisotopic (exact) mass is 334 g/mol. The van der Waals surface area contributed by atoms with Gasteiger partial charge < -0.3 is 24.4 Å². The van der Waals surface area contributed by atoms with Crippen LogP contribution in [0.25, 0.3) is 0 Å². The Morgan fingerprint density at radius 1 is 1.17 bits per heavy atom. The molecule has 0 atom stereocenters. The average molecular weight is 334 g/mol. The van der Waals surface area contributed by atoms with Crippen LogP contribution >= 0.6 is 0 Å². The van der Waals surface area contributed by atoms with E-state index in [0.29, 0.717) is 37.9 Å². The van der Waals surface area contributed by atoms with Gasteiger partial charge in [0.15, 0.2) is 0 Å². The van der Waals surface area contributed by atoms with Crippen molar-refractivity contribution in [2.24, 2.45) is 5.92 Å². The van der Waals surface area contributed by atoms with Crippen molar-refractivity contribution in [2.45, 2.75) is 26.7 Å². The average Bonchev–Trinajstić information content (AvgIpc) is 3.43. The molecule has 0 bridgehead atoms. The van der Waals surface area contributed by atoms with Crippen LogP contribution in [0.5, 0.6) is 11.5 Å². The fourth-order valence-corrected chi connectivity index (χ4v) is 2.82. The number of benzene rings is 1. The molecule has 1 aliphatic carbocycles. The molecule has 1 aliphatic heterocycles. The number of hydrogen-bond donors (Lipinski definition) is 1. The highest BCUT2D eigenvalue weighted by molar-refractivity contribution is 5.96. The van der Waals surface area contributed by atoms with Crippen molar-refractivity contribution < 1.29 is 19.0 Å². The van der Waals surface area contributed by atoms with Gasteiger partial charge in [-0.05, 0) is 26.7 Å². The molecule has 6 heteroatoms. The van der Waals surface area contributed by atoms with Crippen molar-refractivity contribution in [2.75, 3.05) is 49.7 Å². The standard InChI is InChI=1S/C18H26N2O4/c1-3-23-16-12-15(20-7-9-22-10-8-20)17(24-4-2)11-14(16)19-18(21)13-5-6-13/h11-13H,3-10H2,1-2H3,(H,19,21). The van der Waals surface area contributed by atoms with Gasteiger partial charge in [-0.2, -0.15) is 0 Å². The van der Waals surface area contributed by atoms with Crippen LogP contribution in [0.2, 0.25) is 0 Å². The van der Waals surface area contributed by atoms with Gasteiger partial charge in [-0.3, -0.25) is 4.79 Å². The van der Waals surface area contributed by atoms with Crippen LogP contribution < -0.4 is 19.7 Å². The van der Waals surface area contributed by atoms with E-state index >= 15 is 0 Å². The quantitative estimate of drug-likeness (QED) is 0.831. The summed E-state index contributed by atoms with van der Waals surface area (Å²) < 4.78 is 17.0. The first-order chi connectivity index (χ1) is 11.7. The molecule has 1 amide bonds. The lowest BCUT2D eigenvalue weighted by atomic mass is 10.2. The van der Waals surface area contributed by atoms with Crippen LogP contribution in [-0.2, 0) is 9.53 Å². The first kappa shape index (κ1) is 16.9. The molecule has 132 valence electrons. The third kappa shape index (κ3) is 3.93. The molecule has 2 aliphatic rings. The summed E-state index contributed by atoms with van der Waals surface area (Å²) in [5.74, 6) is 1.68. The molecular formula is C18H26N2O4. The third-order valence-electron chi connectivity index (χ3n) is 4.22. The molecule has 1 heterocycles. The van der Waals surface area contributed by atoms with Crippen LogP contribution in [0.15, 0.2) is 12.1 Å². The van der Waals surface area contributed by atoms with Gasteiger partial charge in [-0.15, -0.1) is 0 Å². The minimum Gasteiger partial charge on any atom is -0.492 e. The second-order valence-corrected chi connectivity index (χ2v) is 6.05. The summed E-state index contributed by atoms with van der Waals surface area (Å²) in [5, 5.41) is 3.00. The third-order valence-corrected chi connectivity index (χ3v) is 4.22. The van der Waals surface area contributed by atoms with Gasteiger partial charge in [0.2, 0.25) is 5.91 Å². The summed E-state index contributed by atoms with van der Waals surface area (Å²) in [6.45, 7) is 8.06. The minimum atomic E-state index is 0.0672. The van der Waals surface area contributed by atoms with Gasteiger partial charge in [0, 0.05) is 31.1 Å². The van der Waals surface area contributed by atoms with E-state index < -0.39 is 0 Å². The smallest absolute Gasteiger partial charge is 0.227 e. The van der Waals surface area contributed by atoms with Crippen LogP contribution in [0.3, 0.4) is 0 Å². The highest BCUT2D eigenvalue weighted by Gasteiger charge is 2.30. The van der Waals surface area contributed by atoms with Gasteiger partial charge in [0.1, 0.15) is 11.5 Å². The van der Waals surface area contributed by atoms with Crippen LogP contribution in [0, 0.1) is 5.92 Å². The van der Waals surface area contributed by atoms with E-state index in [9.17, 15) is 4.79 Å².